The first kappa shape index (κ1) is 13.0. The van der Waals surface area contributed by atoms with E-state index >= 15 is 0 Å². The molecule has 2 unspecified atom stereocenters. The van der Waals surface area contributed by atoms with E-state index in [4.69, 9.17) is 5.73 Å². The Morgan fingerprint density at radius 1 is 1.56 bits per heavy atom. The second-order valence-electron chi connectivity index (χ2n) is 5.05. The van der Waals surface area contributed by atoms with Crippen LogP contribution in [-0.2, 0) is 4.79 Å². The van der Waals surface area contributed by atoms with Gasteiger partial charge >= 0.3 is 0 Å². The second kappa shape index (κ2) is 5.48. The Bertz CT molecular complexity index is 432. The molecule has 1 amide bonds. The molecular formula is C14H19FN2O. The summed E-state index contributed by atoms with van der Waals surface area (Å²) in [4.78, 5) is 11.8. The van der Waals surface area contributed by atoms with Crippen molar-refractivity contribution >= 4 is 5.91 Å². The summed E-state index contributed by atoms with van der Waals surface area (Å²) in [5.74, 6) is 0.162. The molecule has 1 saturated carbocycles. The smallest absolute Gasteiger partial charge is 0.222 e. The molecule has 1 aromatic rings. The molecule has 0 heterocycles. The molecule has 1 aromatic carbocycles. The summed E-state index contributed by atoms with van der Waals surface area (Å²) in [6, 6.07) is 6.04. The maximum Gasteiger partial charge on any atom is 0.222 e. The van der Waals surface area contributed by atoms with Crippen LogP contribution in [0.2, 0.25) is 0 Å². The lowest BCUT2D eigenvalue weighted by molar-refractivity contribution is -0.122. The molecule has 1 fully saturated rings. The summed E-state index contributed by atoms with van der Waals surface area (Å²) in [6.07, 6.45) is 2.62. The third-order valence-corrected chi connectivity index (χ3v) is 3.37. The Kier molecular flexibility index (Phi) is 3.97. The first-order valence-corrected chi connectivity index (χ1v) is 6.36. The number of hydrogen-bond donors (Lipinski definition) is 2. The van der Waals surface area contributed by atoms with Crippen LogP contribution in [-0.4, -0.2) is 11.9 Å². The van der Waals surface area contributed by atoms with E-state index in [2.05, 4.69) is 5.32 Å². The number of carbonyl (C=O) groups is 1. The predicted octanol–water partition coefficient (Wildman–Crippen LogP) is 2.13. The van der Waals surface area contributed by atoms with E-state index in [1.54, 1.807) is 12.1 Å². The fourth-order valence-electron chi connectivity index (χ4n) is 2.06. The van der Waals surface area contributed by atoms with E-state index in [9.17, 15) is 9.18 Å². The molecule has 98 valence electrons. The number of carbonyl (C=O) groups excluding carboxylic acids is 1. The van der Waals surface area contributed by atoms with Gasteiger partial charge in [0.15, 0.2) is 0 Å². The van der Waals surface area contributed by atoms with Crippen LogP contribution in [0.15, 0.2) is 24.3 Å². The van der Waals surface area contributed by atoms with E-state index in [0.29, 0.717) is 12.3 Å². The van der Waals surface area contributed by atoms with E-state index < -0.39 is 0 Å². The van der Waals surface area contributed by atoms with Crippen molar-refractivity contribution in [2.45, 2.75) is 38.3 Å². The van der Waals surface area contributed by atoms with Crippen molar-refractivity contribution < 1.29 is 9.18 Å². The molecule has 18 heavy (non-hydrogen) atoms. The molecular weight excluding hydrogens is 231 g/mol. The first-order valence-electron chi connectivity index (χ1n) is 6.36. The Morgan fingerprint density at radius 2 is 2.28 bits per heavy atom. The third kappa shape index (κ3) is 3.53. The average Bonchev–Trinajstić information content (AvgIpc) is 3.12. The number of benzene rings is 1. The summed E-state index contributed by atoms with van der Waals surface area (Å²) >= 11 is 0. The van der Waals surface area contributed by atoms with Crippen LogP contribution in [0.3, 0.4) is 0 Å². The van der Waals surface area contributed by atoms with Gasteiger partial charge in [-0.1, -0.05) is 12.1 Å². The maximum absolute atomic E-state index is 13.1. The molecule has 4 heteroatoms. The Hall–Kier alpha value is -1.42. The van der Waals surface area contributed by atoms with Gasteiger partial charge in [-0.2, -0.15) is 0 Å². The molecule has 1 aliphatic carbocycles. The molecule has 0 aromatic heterocycles. The molecule has 0 spiro atoms. The number of rotatable bonds is 5. The van der Waals surface area contributed by atoms with Crippen LogP contribution in [0.5, 0.6) is 0 Å². The second-order valence-corrected chi connectivity index (χ2v) is 5.05. The van der Waals surface area contributed by atoms with E-state index in [1.807, 2.05) is 6.92 Å². The number of halogens is 1. The minimum atomic E-state index is -0.289. The quantitative estimate of drug-likeness (QED) is 0.841. The molecule has 2 atom stereocenters. The van der Waals surface area contributed by atoms with Gasteiger partial charge in [-0.05, 0) is 43.4 Å². The minimum absolute atomic E-state index is 0.0373. The van der Waals surface area contributed by atoms with E-state index in [0.717, 1.165) is 18.4 Å². The topological polar surface area (TPSA) is 55.1 Å². The van der Waals surface area contributed by atoms with Crippen LogP contribution in [0.1, 0.15) is 37.8 Å². The van der Waals surface area contributed by atoms with Crippen LogP contribution >= 0.6 is 0 Å². The number of amides is 1. The SMILES string of the molecule is CC(NC(=O)CC(N)C1CC1)c1cccc(F)c1. The monoisotopic (exact) mass is 250 g/mol. The number of nitrogens with two attached hydrogens (primary N) is 1. The van der Waals surface area contributed by atoms with Crippen molar-refractivity contribution in [2.24, 2.45) is 11.7 Å². The molecule has 0 radical (unpaired) electrons. The van der Waals surface area contributed by atoms with Gasteiger partial charge in [0.2, 0.25) is 5.91 Å². The van der Waals surface area contributed by atoms with Gasteiger partial charge in [0.1, 0.15) is 5.82 Å². The Labute approximate surface area is 107 Å². The zero-order valence-electron chi connectivity index (χ0n) is 10.5. The van der Waals surface area contributed by atoms with Crippen molar-refractivity contribution in [3.05, 3.63) is 35.6 Å². The van der Waals surface area contributed by atoms with Gasteiger partial charge < -0.3 is 11.1 Å². The average molecular weight is 250 g/mol. The number of nitrogens with one attached hydrogen (secondary N) is 1. The van der Waals surface area contributed by atoms with Gasteiger partial charge in [-0.25, -0.2) is 4.39 Å². The van der Waals surface area contributed by atoms with Crippen molar-refractivity contribution in [3.63, 3.8) is 0 Å². The Balaban J connectivity index is 1.86. The highest BCUT2D eigenvalue weighted by molar-refractivity contribution is 5.77. The molecule has 0 bridgehead atoms. The largest absolute Gasteiger partial charge is 0.350 e. The van der Waals surface area contributed by atoms with Crippen LogP contribution < -0.4 is 11.1 Å². The predicted molar refractivity (Wildman–Crippen MR) is 68.3 cm³/mol. The van der Waals surface area contributed by atoms with Crippen LogP contribution in [0.25, 0.3) is 0 Å². The van der Waals surface area contributed by atoms with Crippen LogP contribution in [0, 0.1) is 11.7 Å². The fraction of sp³-hybridized carbons (Fsp3) is 0.500. The highest BCUT2D eigenvalue weighted by Crippen LogP contribution is 2.32. The third-order valence-electron chi connectivity index (χ3n) is 3.37. The fourth-order valence-corrected chi connectivity index (χ4v) is 2.06. The summed E-state index contributed by atoms with van der Waals surface area (Å²) in [6.45, 7) is 1.84. The van der Waals surface area contributed by atoms with Gasteiger partial charge in [0.05, 0.1) is 6.04 Å². The zero-order valence-corrected chi connectivity index (χ0v) is 10.5. The molecule has 2 rings (SSSR count). The molecule has 3 nitrogen and oxygen atoms in total. The van der Waals surface area contributed by atoms with Gasteiger partial charge in [-0.15, -0.1) is 0 Å². The lowest BCUT2D eigenvalue weighted by Gasteiger charge is -2.16. The highest BCUT2D eigenvalue weighted by atomic mass is 19.1. The molecule has 0 saturated heterocycles. The normalized spacial score (nSPS) is 18.2. The van der Waals surface area contributed by atoms with Gasteiger partial charge in [-0.3, -0.25) is 4.79 Å². The maximum atomic E-state index is 13.1. The minimum Gasteiger partial charge on any atom is -0.350 e. The lowest BCUT2D eigenvalue weighted by atomic mass is 10.1. The summed E-state index contributed by atoms with van der Waals surface area (Å²) in [5, 5.41) is 2.85. The Morgan fingerprint density at radius 3 is 2.89 bits per heavy atom. The summed E-state index contributed by atoms with van der Waals surface area (Å²) in [7, 11) is 0. The molecule has 1 aliphatic rings. The first-order chi connectivity index (χ1) is 8.56. The summed E-state index contributed by atoms with van der Waals surface area (Å²) < 4.78 is 13.1. The molecule has 3 N–H and O–H groups in total. The van der Waals surface area contributed by atoms with Crippen LogP contribution in [0.4, 0.5) is 4.39 Å². The van der Waals surface area contributed by atoms with Gasteiger partial charge in [0.25, 0.3) is 0 Å². The zero-order chi connectivity index (χ0) is 13.1. The summed E-state index contributed by atoms with van der Waals surface area (Å²) in [5.41, 5.74) is 6.66. The van der Waals surface area contributed by atoms with E-state index in [1.165, 1.54) is 12.1 Å². The lowest BCUT2D eigenvalue weighted by Crippen LogP contribution is -2.34. The standard InChI is InChI=1S/C14H19FN2O/c1-9(11-3-2-4-12(15)7-11)17-14(18)8-13(16)10-5-6-10/h2-4,7,9-10,13H,5-6,8,16H2,1H3,(H,17,18). The van der Waals surface area contributed by atoms with Crippen molar-refractivity contribution in [1.82, 2.24) is 5.32 Å². The van der Waals surface area contributed by atoms with Crippen molar-refractivity contribution in [3.8, 4) is 0 Å². The van der Waals surface area contributed by atoms with Gasteiger partial charge in [0, 0.05) is 12.5 Å². The van der Waals surface area contributed by atoms with E-state index in [-0.39, 0.29) is 23.8 Å². The van der Waals surface area contributed by atoms with Crippen molar-refractivity contribution in [2.75, 3.05) is 0 Å². The highest BCUT2D eigenvalue weighted by Gasteiger charge is 2.30. The number of hydrogen-bond acceptors (Lipinski definition) is 2. The molecule has 0 aliphatic heterocycles. The van der Waals surface area contributed by atoms with Crippen molar-refractivity contribution in [1.29, 1.82) is 0 Å².